The number of benzene rings is 8. The van der Waals surface area contributed by atoms with Gasteiger partial charge in [0.05, 0.1) is 38.0 Å². The minimum Gasteiger partial charge on any atom is -0.454 e. The molecule has 0 aliphatic rings. The Labute approximate surface area is 312 Å². The highest BCUT2D eigenvalue weighted by Crippen LogP contribution is 2.44. The molecule has 250 valence electrons. The minimum atomic E-state index is 0.595. The van der Waals surface area contributed by atoms with Crippen molar-refractivity contribution in [2.24, 2.45) is 0 Å². The van der Waals surface area contributed by atoms with Gasteiger partial charge in [-0.05, 0) is 65.7 Å². The Kier molecular flexibility index (Phi) is 5.97. The number of para-hydroxylation sites is 3. The molecule has 8 aromatic carbocycles. The number of nitriles is 1. The van der Waals surface area contributed by atoms with Gasteiger partial charge in [0.1, 0.15) is 11.7 Å². The van der Waals surface area contributed by atoms with Gasteiger partial charge in [-0.1, -0.05) is 109 Å². The van der Waals surface area contributed by atoms with Gasteiger partial charge in [0.2, 0.25) is 0 Å². The summed E-state index contributed by atoms with van der Waals surface area (Å²) < 4.78 is 13.8. The summed E-state index contributed by atoms with van der Waals surface area (Å²) in [5, 5.41) is 20.2. The van der Waals surface area contributed by atoms with E-state index in [1.165, 1.54) is 42.0 Å². The highest BCUT2D eigenvalue weighted by Gasteiger charge is 2.22. The molecule has 0 saturated heterocycles. The lowest BCUT2D eigenvalue weighted by molar-refractivity contribution is 0.671. The van der Waals surface area contributed by atoms with Gasteiger partial charge in [0, 0.05) is 53.5 Å². The smallest absolute Gasteiger partial charge is 0.160 e. The van der Waals surface area contributed by atoms with Crippen LogP contribution in [0, 0.1) is 11.3 Å². The number of aromatic nitrogens is 2. The number of hydrogen-bond acceptors (Lipinski definition) is 3. The Bertz CT molecular complexity index is 3590. The predicted molar refractivity (Wildman–Crippen MR) is 225 cm³/mol. The van der Waals surface area contributed by atoms with Crippen LogP contribution in [-0.2, 0) is 0 Å². The second-order valence-corrected chi connectivity index (χ2v) is 15.0. The zero-order valence-electron chi connectivity index (χ0n) is 28.7. The average molecular weight is 706 g/mol. The van der Waals surface area contributed by atoms with E-state index >= 15 is 0 Å². The van der Waals surface area contributed by atoms with Gasteiger partial charge in [0.25, 0.3) is 0 Å². The van der Waals surface area contributed by atoms with Crippen molar-refractivity contribution in [3.63, 3.8) is 0 Å². The summed E-state index contributed by atoms with van der Waals surface area (Å²) in [6, 6.07) is 60.4. The standard InChI is InChI=1S/C49H27N3OS/c50-28-31-26-30(20-25-41(31)52-43-17-6-2-12-33(43)37-21-23-39-35-14-3-7-18-44(35)53-48(39)46(37)52)29-10-9-11-32(27-29)51-42-16-5-1-13-34(42)38-22-24-40-36-15-4-8-19-45(36)54-49(40)47(38)51/h1-27H. The van der Waals surface area contributed by atoms with Crippen LogP contribution < -0.4 is 0 Å². The molecule has 0 fully saturated rings. The van der Waals surface area contributed by atoms with E-state index in [4.69, 9.17) is 4.42 Å². The van der Waals surface area contributed by atoms with Crippen LogP contribution in [-0.4, -0.2) is 9.13 Å². The van der Waals surface area contributed by atoms with Crippen molar-refractivity contribution in [3.8, 4) is 28.6 Å². The third-order valence-electron chi connectivity index (χ3n) is 11.2. The van der Waals surface area contributed by atoms with Crippen molar-refractivity contribution in [1.29, 1.82) is 5.26 Å². The Balaban J connectivity index is 1.07. The van der Waals surface area contributed by atoms with Crippen molar-refractivity contribution in [1.82, 2.24) is 9.13 Å². The maximum atomic E-state index is 10.8. The summed E-state index contributed by atoms with van der Waals surface area (Å²) in [7, 11) is 0. The monoisotopic (exact) mass is 705 g/mol. The predicted octanol–water partition coefficient (Wildman–Crippen LogP) is 13.7. The number of thiophene rings is 1. The Hall–Kier alpha value is -7.13. The van der Waals surface area contributed by atoms with Gasteiger partial charge < -0.3 is 13.6 Å². The summed E-state index contributed by atoms with van der Waals surface area (Å²) in [5.41, 5.74) is 10.6. The summed E-state index contributed by atoms with van der Waals surface area (Å²) in [4.78, 5) is 0. The first-order valence-corrected chi connectivity index (χ1v) is 18.9. The molecule has 4 nitrogen and oxygen atoms in total. The van der Waals surface area contributed by atoms with Crippen molar-refractivity contribution < 1.29 is 4.42 Å². The van der Waals surface area contributed by atoms with Crippen LogP contribution in [0.5, 0.6) is 0 Å². The van der Waals surface area contributed by atoms with Crippen LogP contribution >= 0.6 is 11.3 Å². The van der Waals surface area contributed by atoms with Crippen molar-refractivity contribution in [2.75, 3.05) is 0 Å². The molecule has 0 N–H and O–H groups in total. The van der Waals surface area contributed by atoms with Crippen molar-refractivity contribution >= 4 is 97.1 Å². The number of nitrogens with zero attached hydrogens (tertiary/aromatic N) is 3. The molecule has 4 aromatic heterocycles. The fourth-order valence-corrected chi connectivity index (χ4v) is 10.0. The minimum absolute atomic E-state index is 0.595. The summed E-state index contributed by atoms with van der Waals surface area (Å²) in [6.45, 7) is 0. The van der Waals surface area contributed by atoms with E-state index in [9.17, 15) is 5.26 Å². The first kappa shape index (κ1) is 29.4. The summed E-state index contributed by atoms with van der Waals surface area (Å²) in [6.07, 6.45) is 0. The molecule has 0 atom stereocenters. The second kappa shape index (κ2) is 10.9. The number of fused-ring (bicyclic) bond motifs is 14. The van der Waals surface area contributed by atoms with E-state index in [0.29, 0.717) is 5.56 Å². The van der Waals surface area contributed by atoms with Gasteiger partial charge in [-0.3, -0.25) is 0 Å². The van der Waals surface area contributed by atoms with Gasteiger partial charge in [0.15, 0.2) is 5.58 Å². The second-order valence-electron chi connectivity index (χ2n) is 14.0. The van der Waals surface area contributed by atoms with Crippen LogP contribution in [0.15, 0.2) is 168 Å². The van der Waals surface area contributed by atoms with Crippen LogP contribution in [0.1, 0.15) is 5.56 Å². The van der Waals surface area contributed by atoms with E-state index in [2.05, 4.69) is 155 Å². The molecule has 0 unspecified atom stereocenters. The number of rotatable bonds is 3. The van der Waals surface area contributed by atoms with E-state index in [1.54, 1.807) is 0 Å². The molecular weight excluding hydrogens is 679 g/mol. The largest absolute Gasteiger partial charge is 0.454 e. The maximum Gasteiger partial charge on any atom is 0.160 e. The highest BCUT2D eigenvalue weighted by molar-refractivity contribution is 7.26. The SMILES string of the molecule is N#Cc1cc(-c2cccc(-n3c4ccccc4c4ccc5c6ccccc6sc5c43)c2)ccc1-n1c2ccccc2c2ccc3c4ccccc4oc3c21. The molecule has 0 spiro atoms. The van der Waals surface area contributed by atoms with Gasteiger partial charge >= 0.3 is 0 Å². The summed E-state index contributed by atoms with van der Waals surface area (Å²) in [5.74, 6) is 0. The van der Waals surface area contributed by atoms with Gasteiger partial charge in [-0.25, -0.2) is 0 Å². The quantitative estimate of drug-likeness (QED) is 0.184. The lowest BCUT2D eigenvalue weighted by Crippen LogP contribution is -1.99. The van der Waals surface area contributed by atoms with Crippen LogP contribution in [0.4, 0.5) is 0 Å². The third-order valence-corrected chi connectivity index (χ3v) is 12.3. The van der Waals surface area contributed by atoms with E-state index < -0.39 is 0 Å². The van der Waals surface area contributed by atoms with E-state index in [1.807, 2.05) is 35.6 Å². The normalized spacial score (nSPS) is 12.1. The van der Waals surface area contributed by atoms with E-state index in [0.717, 1.165) is 66.2 Å². The highest BCUT2D eigenvalue weighted by atomic mass is 32.1. The zero-order valence-corrected chi connectivity index (χ0v) is 29.6. The molecule has 5 heteroatoms. The lowest BCUT2D eigenvalue weighted by atomic mass is 10.0. The van der Waals surface area contributed by atoms with Crippen molar-refractivity contribution in [2.45, 2.75) is 0 Å². The molecule has 0 amide bonds. The molecular formula is C49H27N3OS. The third kappa shape index (κ3) is 3.95. The molecule has 0 aliphatic heterocycles. The average Bonchev–Trinajstić information content (AvgIpc) is 3.98. The lowest BCUT2D eigenvalue weighted by Gasteiger charge is -2.13. The Morgan fingerprint density at radius 3 is 1.94 bits per heavy atom. The van der Waals surface area contributed by atoms with Gasteiger partial charge in [-0.15, -0.1) is 11.3 Å². The molecule has 4 heterocycles. The Morgan fingerprint density at radius 1 is 0.481 bits per heavy atom. The molecule has 0 bridgehead atoms. The summed E-state index contributed by atoms with van der Waals surface area (Å²) >= 11 is 1.86. The fraction of sp³-hybridized carbons (Fsp3) is 0. The maximum absolute atomic E-state index is 10.8. The van der Waals surface area contributed by atoms with Crippen LogP contribution in [0.25, 0.3) is 108 Å². The fourth-order valence-electron chi connectivity index (χ4n) is 8.80. The van der Waals surface area contributed by atoms with Crippen LogP contribution in [0.3, 0.4) is 0 Å². The number of furan rings is 1. The molecule has 0 saturated carbocycles. The molecule has 0 aliphatic carbocycles. The topological polar surface area (TPSA) is 46.8 Å². The molecule has 12 aromatic rings. The first-order valence-electron chi connectivity index (χ1n) is 18.1. The first-order chi connectivity index (χ1) is 26.7. The molecule has 12 rings (SSSR count). The van der Waals surface area contributed by atoms with E-state index in [-0.39, 0.29) is 0 Å². The van der Waals surface area contributed by atoms with Crippen LogP contribution in [0.2, 0.25) is 0 Å². The molecule has 0 radical (unpaired) electrons. The number of hydrogen-bond donors (Lipinski definition) is 0. The zero-order chi connectivity index (χ0) is 35.5. The Morgan fingerprint density at radius 2 is 1.13 bits per heavy atom. The van der Waals surface area contributed by atoms with Gasteiger partial charge in [-0.2, -0.15) is 5.26 Å². The molecule has 54 heavy (non-hydrogen) atoms. The van der Waals surface area contributed by atoms with Crippen molar-refractivity contribution in [3.05, 3.63) is 169 Å².